The Balaban J connectivity index is 1.67. The van der Waals surface area contributed by atoms with Crippen LogP contribution in [0.4, 0.5) is 5.69 Å². The van der Waals surface area contributed by atoms with Gasteiger partial charge in [-0.2, -0.15) is 0 Å². The Bertz CT molecular complexity index is 1510. The molecule has 1 amide bonds. The molecule has 4 aromatic rings. The molecule has 1 N–H and O–H groups in total. The average Bonchev–Trinajstić information content (AvgIpc) is 3.34. The number of carbonyl (C=O) groups is 2. The Labute approximate surface area is 213 Å². The molecular weight excluding hydrogens is 541 g/mol. The number of halogens is 3. The molecule has 1 unspecified atom stereocenters. The van der Waals surface area contributed by atoms with Crippen LogP contribution in [0.3, 0.4) is 0 Å². The van der Waals surface area contributed by atoms with E-state index in [1.54, 1.807) is 48.5 Å². The number of benzene rings is 3. The van der Waals surface area contributed by atoms with Crippen molar-refractivity contribution < 1.29 is 19.1 Å². The second-order valence-electron chi connectivity index (χ2n) is 7.97. The van der Waals surface area contributed by atoms with Crippen LogP contribution in [-0.4, -0.2) is 16.8 Å². The molecule has 0 fully saturated rings. The number of amides is 1. The van der Waals surface area contributed by atoms with Crippen LogP contribution in [0.15, 0.2) is 87.0 Å². The predicted octanol–water partition coefficient (Wildman–Crippen LogP) is 7.59. The number of aliphatic hydroxyl groups is 1. The minimum Gasteiger partial charge on any atom is -0.503 e. The molecule has 8 heteroatoms. The number of nitrogens with zero attached hydrogens (tertiary/aromatic N) is 1. The van der Waals surface area contributed by atoms with Crippen LogP contribution in [0.2, 0.25) is 10.0 Å². The SMILES string of the molecule is Cc1ccc(N2C(=O)C(O)=C(C(=O)c3cc4cc(Br)ccc4o3)C2c2ccc(Cl)c(Cl)c2)cc1. The van der Waals surface area contributed by atoms with Gasteiger partial charge in [-0.1, -0.05) is 62.9 Å². The molecule has 2 heterocycles. The lowest BCUT2D eigenvalue weighted by Gasteiger charge is -2.27. The summed E-state index contributed by atoms with van der Waals surface area (Å²) in [4.78, 5) is 28.3. The van der Waals surface area contributed by atoms with Crippen LogP contribution in [0.25, 0.3) is 11.0 Å². The third-order valence-electron chi connectivity index (χ3n) is 5.73. The van der Waals surface area contributed by atoms with E-state index in [-0.39, 0.29) is 16.4 Å². The lowest BCUT2D eigenvalue weighted by atomic mass is 9.94. The van der Waals surface area contributed by atoms with E-state index in [0.717, 1.165) is 10.0 Å². The van der Waals surface area contributed by atoms with Crippen molar-refractivity contribution >= 4 is 67.5 Å². The highest BCUT2D eigenvalue weighted by molar-refractivity contribution is 9.10. The molecule has 0 saturated carbocycles. The zero-order chi connectivity index (χ0) is 24.1. The summed E-state index contributed by atoms with van der Waals surface area (Å²) in [7, 11) is 0. The molecule has 170 valence electrons. The van der Waals surface area contributed by atoms with Gasteiger partial charge < -0.3 is 9.52 Å². The average molecular weight is 557 g/mol. The molecule has 0 saturated heterocycles. The molecular formula is C26H16BrCl2NO4. The van der Waals surface area contributed by atoms with Crippen LogP contribution >= 0.6 is 39.1 Å². The van der Waals surface area contributed by atoms with Crippen molar-refractivity contribution in [3.63, 3.8) is 0 Å². The summed E-state index contributed by atoms with van der Waals surface area (Å²) in [6.07, 6.45) is 0. The van der Waals surface area contributed by atoms with Gasteiger partial charge in [-0.15, -0.1) is 0 Å². The summed E-state index contributed by atoms with van der Waals surface area (Å²) >= 11 is 15.8. The van der Waals surface area contributed by atoms with Gasteiger partial charge >= 0.3 is 0 Å². The highest BCUT2D eigenvalue weighted by Crippen LogP contribution is 2.43. The number of aryl methyl sites for hydroxylation is 1. The van der Waals surface area contributed by atoms with E-state index in [9.17, 15) is 14.7 Å². The maximum absolute atomic E-state index is 13.7. The molecule has 5 rings (SSSR count). The van der Waals surface area contributed by atoms with Gasteiger partial charge in [-0.3, -0.25) is 14.5 Å². The Morgan fingerprint density at radius 2 is 1.74 bits per heavy atom. The van der Waals surface area contributed by atoms with Crippen molar-refractivity contribution in [2.75, 3.05) is 4.90 Å². The predicted molar refractivity (Wildman–Crippen MR) is 136 cm³/mol. The zero-order valence-electron chi connectivity index (χ0n) is 17.7. The van der Waals surface area contributed by atoms with Gasteiger partial charge in [0, 0.05) is 15.5 Å². The van der Waals surface area contributed by atoms with Gasteiger partial charge in [0.15, 0.2) is 11.5 Å². The van der Waals surface area contributed by atoms with E-state index in [1.165, 1.54) is 4.90 Å². The van der Waals surface area contributed by atoms with Crippen LogP contribution < -0.4 is 4.90 Å². The maximum Gasteiger partial charge on any atom is 0.294 e. The minimum absolute atomic E-state index is 0.0123. The molecule has 0 spiro atoms. The zero-order valence-corrected chi connectivity index (χ0v) is 20.8. The van der Waals surface area contributed by atoms with E-state index in [4.69, 9.17) is 27.6 Å². The Hall–Kier alpha value is -3.06. The fourth-order valence-corrected chi connectivity index (χ4v) is 4.75. The Morgan fingerprint density at radius 1 is 1.00 bits per heavy atom. The Kier molecular flexibility index (Phi) is 5.76. The molecule has 1 aromatic heterocycles. The first-order valence-corrected chi connectivity index (χ1v) is 11.8. The number of hydrogen-bond acceptors (Lipinski definition) is 4. The van der Waals surface area contributed by atoms with Gasteiger partial charge in [-0.25, -0.2) is 0 Å². The van der Waals surface area contributed by atoms with E-state index in [0.29, 0.717) is 27.2 Å². The van der Waals surface area contributed by atoms with Crippen LogP contribution in [0, 0.1) is 6.92 Å². The molecule has 0 aliphatic carbocycles. The van der Waals surface area contributed by atoms with Crippen molar-refractivity contribution in [3.05, 3.63) is 109 Å². The van der Waals surface area contributed by atoms with Crippen molar-refractivity contribution in [2.24, 2.45) is 0 Å². The smallest absolute Gasteiger partial charge is 0.294 e. The highest BCUT2D eigenvalue weighted by Gasteiger charge is 2.45. The summed E-state index contributed by atoms with van der Waals surface area (Å²) in [5.74, 6) is -1.91. The Morgan fingerprint density at radius 3 is 2.44 bits per heavy atom. The standard InChI is InChI=1S/C26H16BrCl2NO4/c1-13-2-6-17(7-3-13)30-23(14-4-8-18(28)19(29)11-14)22(25(32)26(30)33)24(31)21-12-15-10-16(27)5-9-20(15)34-21/h2-12,23,32H,1H3. The van der Waals surface area contributed by atoms with Crippen molar-refractivity contribution in [1.82, 2.24) is 0 Å². The fourth-order valence-electron chi connectivity index (χ4n) is 4.07. The number of hydrogen-bond donors (Lipinski definition) is 1. The van der Waals surface area contributed by atoms with E-state index in [2.05, 4.69) is 15.9 Å². The van der Waals surface area contributed by atoms with Crippen LogP contribution in [0.5, 0.6) is 0 Å². The third-order valence-corrected chi connectivity index (χ3v) is 6.96. The van der Waals surface area contributed by atoms with Crippen LogP contribution in [0.1, 0.15) is 27.7 Å². The number of anilines is 1. The number of fused-ring (bicyclic) bond motifs is 1. The van der Waals surface area contributed by atoms with E-state index in [1.807, 2.05) is 25.1 Å². The number of aliphatic hydroxyl groups excluding tert-OH is 1. The molecule has 1 atom stereocenters. The summed E-state index contributed by atoms with van der Waals surface area (Å²) in [5.41, 5.74) is 2.46. The van der Waals surface area contributed by atoms with Gasteiger partial charge in [0.1, 0.15) is 5.58 Å². The summed E-state index contributed by atoms with van der Waals surface area (Å²) in [5, 5.41) is 12.2. The second-order valence-corrected chi connectivity index (χ2v) is 9.70. The largest absolute Gasteiger partial charge is 0.503 e. The summed E-state index contributed by atoms with van der Waals surface area (Å²) in [6, 6.07) is 18.1. The number of rotatable bonds is 4. The topological polar surface area (TPSA) is 70.8 Å². The van der Waals surface area contributed by atoms with Gasteiger partial charge in [0.05, 0.1) is 21.7 Å². The quantitative estimate of drug-likeness (QED) is 0.263. The van der Waals surface area contributed by atoms with Crippen molar-refractivity contribution in [2.45, 2.75) is 13.0 Å². The van der Waals surface area contributed by atoms with E-state index >= 15 is 0 Å². The second kappa shape index (κ2) is 8.62. The summed E-state index contributed by atoms with van der Waals surface area (Å²) in [6.45, 7) is 1.93. The normalized spacial score (nSPS) is 16.1. The lowest BCUT2D eigenvalue weighted by molar-refractivity contribution is -0.117. The van der Waals surface area contributed by atoms with Crippen molar-refractivity contribution in [3.8, 4) is 0 Å². The molecule has 5 nitrogen and oxygen atoms in total. The molecule has 1 aliphatic heterocycles. The molecule has 34 heavy (non-hydrogen) atoms. The molecule has 3 aromatic carbocycles. The first kappa shape index (κ1) is 22.7. The molecule has 1 aliphatic rings. The number of furan rings is 1. The van der Waals surface area contributed by atoms with Crippen molar-refractivity contribution in [1.29, 1.82) is 0 Å². The molecule has 0 radical (unpaired) electrons. The monoisotopic (exact) mass is 555 g/mol. The van der Waals surface area contributed by atoms with Gasteiger partial charge in [-0.05, 0) is 61.0 Å². The first-order valence-electron chi connectivity index (χ1n) is 10.3. The highest BCUT2D eigenvalue weighted by atomic mass is 79.9. The number of Topliss-reactive ketones (excluding diaryl/α,β-unsaturated/α-hetero) is 1. The molecule has 0 bridgehead atoms. The van der Waals surface area contributed by atoms with E-state index < -0.39 is 23.5 Å². The van der Waals surface area contributed by atoms with Gasteiger partial charge in [0.25, 0.3) is 5.91 Å². The lowest BCUT2D eigenvalue weighted by Crippen LogP contribution is -2.31. The maximum atomic E-state index is 13.7. The minimum atomic E-state index is -0.933. The fraction of sp³-hybridized carbons (Fsp3) is 0.0769. The van der Waals surface area contributed by atoms with Gasteiger partial charge in [0.2, 0.25) is 5.78 Å². The first-order chi connectivity index (χ1) is 16.2. The number of ketones is 1. The number of carbonyl (C=O) groups excluding carboxylic acids is 2. The third kappa shape index (κ3) is 3.82. The summed E-state index contributed by atoms with van der Waals surface area (Å²) < 4.78 is 6.60. The van der Waals surface area contributed by atoms with Crippen LogP contribution in [-0.2, 0) is 4.79 Å².